The Morgan fingerprint density at radius 1 is 1.29 bits per heavy atom. The van der Waals surface area contributed by atoms with E-state index in [2.05, 4.69) is 17.2 Å². The van der Waals surface area contributed by atoms with E-state index in [1.807, 2.05) is 11.3 Å². The number of hydrogen-bond donors (Lipinski definition) is 1. The summed E-state index contributed by atoms with van der Waals surface area (Å²) in [5.74, 6) is 0.499. The van der Waals surface area contributed by atoms with Gasteiger partial charge in [0.25, 0.3) is 0 Å². The van der Waals surface area contributed by atoms with Crippen LogP contribution in [0.25, 0.3) is 0 Å². The fourth-order valence-corrected chi connectivity index (χ4v) is 4.97. The molecule has 0 aromatic carbocycles. The Morgan fingerprint density at radius 3 is 2.95 bits per heavy atom. The molecule has 3 nitrogen and oxygen atoms in total. The summed E-state index contributed by atoms with van der Waals surface area (Å²) in [6.45, 7) is 4.37. The van der Waals surface area contributed by atoms with E-state index in [1.165, 1.54) is 55.8 Å². The highest BCUT2D eigenvalue weighted by atomic mass is 32.1. The smallest absolute Gasteiger partial charge is 0.0928 e. The van der Waals surface area contributed by atoms with Gasteiger partial charge in [-0.05, 0) is 45.1 Å². The van der Waals surface area contributed by atoms with Crippen molar-refractivity contribution in [2.45, 2.75) is 77.0 Å². The molecule has 1 N–H and O–H groups in total. The second-order valence-corrected chi connectivity index (χ2v) is 7.62. The molecular weight excluding hydrogens is 280 g/mol. The highest BCUT2D eigenvalue weighted by molar-refractivity contribution is 7.09. The van der Waals surface area contributed by atoms with Crippen molar-refractivity contribution in [3.63, 3.8) is 0 Å². The third-order valence-corrected chi connectivity index (χ3v) is 6.08. The first-order valence-electron chi connectivity index (χ1n) is 8.63. The molecule has 2 aliphatic rings. The third-order valence-electron chi connectivity index (χ3n) is 5.12. The minimum atomic E-state index is -0.0679. The second-order valence-electron chi connectivity index (χ2n) is 6.68. The topological polar surface area (TPSA) is 36.4 Å². The molecule has 1 saturated carbocycles. The fraction of sp³-hybridized carbons (Fsp3) is 0.824. The molecular formula is C17H28N2OS. The number of likely N-dealkylation sites (tertiary alicyclic amines) is 1. The zero-order chi connectivity index (χ0) is 14.7. The lowest BCUT2D eigenvalue weighted by molar-refractivity contribution is 0.0307. The number of aromatic nitrogens is 1. The van der Waals surface area contributed by atoms with Gasteiger partial charge in [-0.2, -0.15) is 0 Å². The minimum Gasteiger partial charge on any atom is -0.393 e. The highest BCUT2D eigenvalue weighted by Gasteiger charge is 2.36. The van der Waals surface area contributed by atoms with Crippen molar-refractivity contribution in [2.24, 2.45) is 5.92 Å². The van der Waals surface area contributed by atoms with Gasteiger partial charge in [-0.1, -0.05) is 19.8 Å². The molecule has 3 rings (SSSR count). The number of thiazole rings is 1. The van der Waals surface area contributed by atoms with Gasteiger partial charge < -0.3 is 5.11 Å². The average molecular weight is 308 g/mol. The van der Waals surface area contributed by atoms with Gasteiger partial charge in [0, 0.05) is 23.9 Å². The maximum atomic E-state index is 10.3. The molecule has 4 heteroatoms. The Labute approximate surface area is 132 Å². The minimum absolute atomic E-state index is 0.0679. The van der Waals surface area contributed by atoms with E-state index < -0.39 is 0 Å². The molecule has 1 aromatic heterocycles. The van der Waals surface area contributed by atoms with Gasteiger partial charge in [0.05, 0.1) is 16.8 Å². The Hall–Kier alpha value is -0.450. The summed E-state index contributed by atoms with van der Waals surface area (Å²) in [5, 5.41) is 13.8. The van der Waals surface area contributed by atoms with Gasteiger partial charge in [-0.25, -0.2) is 4.98 Å². The molecule has 1 aliphatic carbocycles. The van der Waals surface area contributed by atoms with E-state index in [0.717, 1.165) is 19.4 Å². The summed E-state index contributed by atoms with van der Waals surface area (Å²) in [6, 6.07) is 0.576. The van der Waals surface area contributed by atoms with Crippen LogP contribution in [0.4, 0.5) is 0 Å². The summed E-state index contributed by atoms with van der Waals surface area (Å²) in [5.41, 5.74) is 1.24. The molecule has 2 fully saturated rings. The van der Waals surface area contributed by atoms with E-state index in [-0.39, 0.29) is 6.10 Å². The summed E-state index contributed by atoms with van der Waals surface area (Å²) in [7, 11) is 0. The lowest BCUT2D eigenvalue weighted by Gasteiger charge is -2.40. The van der Waals surface area contributed by atoms with E-state index in [9.17, 15) is 5.11 Å². The van der Waals surface area contributed by atoms with E-state index in [0.29, 0.717) is 12.0 Å². The number of aryl methyl sites for hydroxylation is 1. The zero-order valence-corrected chi connectivity index (χ0v) is 13.9. The van der Waals surface area contributed by atoms with Crippen LogP contribution in [0.3, 0.4) is 0 Å². The number of rotatable bonds is 5. The van der Waals surface area contributed by atoms with Gasteiger partial charge in [0.2, 0.25) is 0 Å². The number of piperidine rings is 1. The van der Waals surface area contributed by atoms with Gasteiger partial charge >= 0.3 is 0 Å². The van der Waals surface area contributed by atoms with Crippen molar-refractivity contribution in [1.82, 2.24) is 9.88 Å². The quantitative estimate of drug-likeness (QED) is 0.902. The van der Waals surface area contributed by atoms with Crippen LogP contribution in [-0.4, -0.2) is 33.7 Å². The molecule has 3 atom stereocenters. The largest absolute Gasteiger partial charge is 0.393 e. The number of aliphatic hydroxyl groups excluding tert-OH is 1. The van der Waals surface area contributed by atoms with Crippen molar-refractivity contribution in [2.75, 3.05) is 6.54 Å². The summed E-state index contributed by atoms with van der Waals surface area (Å²) >= 11 is 1.81. The SMILES string of the molecule is CCCc1nc(CN2CCCCC2C2CCCC2O)cs1. The van der Waals surface area contributed by atoms with E-state index >= 15 is 0 Å². The number of aliphatic hydroxyl groups is 1. The van der Waals surface area contributed by atoms with Crippen LogP contribution < -0.4 is 0 Å². The van der Waals surface area contributed by atoms with Gasteiger partial charge in [0.1, 0.15) is 0 Å². The maximum Gasteiger partial charge on any atom is 0.0928 e. The van der Waals surface area contributed by atoms with Crippen LogP contribution in [0.2, 0.25) is 0 Å². The van der Waals surface area contributed by atoms with Crippen LogP contribution in [0.1, 0.15) is 62.6 Å². The van der Waals surface area contributed by atoms with E-state index in [4.69, 9.17) is 4.98 Å². The maximum absolute atomic E-state index is 10.3. The Kier molecular flexibility index (Phi) is 5.30. The van der Waals surface area contributed by atoms with E-state index in [1.54, 1.807) is 0 Å². The second kappa shape index (κ2) is 7.21. The first-order valence-corrected chi connectivity index (χ1v) is 9.51. The predicted octanol–water partition coefficient (Wildman–Crippen LogP) is 3.61. The van der Waals surface area contributed by atoms with Crippen molar-refractivity contribution >= 4 is 11.3 Å². The summed E-state index contributed by atoms with van der Waals surface area (Å²) in [6.07, 6.45) is 9.51. The number of hydrogen-bond acceptors (Lipinski definition) is 4. The van der Waals surface area contributed by atoms with Gasteiger partial charge in [-0.15, -0.1) is 11.3 Å². The molecule has 21 heavy (non-hydrogen) atoms. The van der Waals surface area contributed by atoms with Crippen LogP contribution in [0.15, 0.2) is 5.38 Å². The molecule has 1 aliphatic heterocycles. The van der Waals surface area contributed by atoms with Crippen molar-refractivity contribution < 1.29 is 5.11 Å². The van der Waals surface area contributed by atoms with Crippen molar-refractivity contribution in [3.8, 4) is 0 Å². The average Bonchev–Trinajstić information content (AvgIpc) is 3.09. The van der Waals surface area contributed by atoms with Crippen LogP contribution in [0, 0.1) is 5.92 Å². The zero-order valence-electron chi connectivity index (χ0n) is 13.1. The Balaban J connectivity index is 1.65. The first kappa shape index (κ1) is 15.4. The molecule has 0 amide bonds. The molecule has 0 spiro atoms. The molecule has 118 valence electrons. The Bertz CT molecular complexity index is 448. The van der Waals surface area contributed by atoms with Crippen molar-refractivity contribution in [3.05, 3.63) is 16.1 Å². The third kappa shape index (κ3) is 3.66. The van der Waals surface area contributed by atoms with Gasteiger partial charge in [-0.3, -0.25) is 4.90 Å². The molecule has 1 aromatic rings. The van der Waals surface area contributed by atoms with Crippen LogP contribution >= 0.6 is 11.3 Å². The number of nitrogens with zero attached hydrogens (tertiary/aromatic N) is 2. The lowest BCUT2D eigenvalue weighted by Crippen LogP contribution is -2.45. The Morgan fingerprint density at radius 2 is 2.19 bits per heavy atom. The normalized spacial score (nSPS) is 30.9. The predicted molar refractivity (Wildman–Crippen MR) is 87.5 cm³/mol. The fourth-order valence-electron chi connectivity index (χ4n) is 4.07. The van der Waals surface area contributed by atoms with Gasteiger partial charge in [0.15, 0.2) is 0 Å². The summed E-state index contributed by atoms with van der Waals surface area (Å²) in [4.78, 5) is 7.39. The monoisotopic (exact) mass is 308 g/mol. The molecule has 3 unspecified atom stereocenters. The molecule has 1 saturated heterocycles. The molecule has 2 heterocycles. The van der Waals surface area contributed by atoms with Crippen LogP contribution in [-0.2, 0) is 13.0 Å². The lowest BCUT2D eigenvalue weighted by atomic mass is 9.87. The van der Waals surface area contributed by atoms with Crippen molar-refractivity contribution in [1.29, 1.82) is 0 Å². The standard InChI is InChI=1S/C17H28N2OS/c1-2-6-17-18-13(12-21-17)11-19-10-4-3-8-15(19)14-7-5-9-16(14)20/h12,14-16,20H,2-11H2,1H3. The summed E-state index contributed by atoms with van der Waals surface area (Å²) < 4.78 is 0. The molecule has 0 bridgehead atoms. The highest BCUT2D eigenvalue weighted by Crippen LogP contribution is 2.35. The first-order chi connectivity index (χ1) is 10.3. The molecule has 0 radical (unpaired) electrons. The van der Waals surface area contributed by atoms with Crippen LogP contribution in [0.5, 0.6) is 0 Å².